The summed E-state index contributed by atoms with van der Waals surface area (Å²) in [5.74, 6) is 2.78. The quantitative estimate of drug-likeness (QED) is 0.737. The predicted molar refractivity (Wildman–Crippen MR) is 49.0 cm³/mol. The predicted octanol–water partition coefficient (Wildman–Crippen LogP) is 1.58. The Morgan fingerprint density at radius 2 is 2.50 bits per heavy atom. The summed E-state index contributed by atoms with van der Waals surface area (Å²) in [4.78, 5) is 4.19. The van der Waals surface area contributed by atoms with Crippen LogP contribution in [0.5, 0.6) is 0 Å². The smallest absolute Gasteiger partial charge is 0.202 e. The van der Waals surface area contributed by atoms with Gasteiger partial charge in [0.2, 0.25) is 5.95 Å². The van der Waals surface area contributed by atoms with Crippen molar-refractivity contribution in [1.29, 1.82) is 0 Å². The van der Waals surface area contributed by atoms with Crippen LogP contribution in [0.15, 0.2) is 12.4 Å². The van der Waals surface area contributed by atoms with Crippen LogP contribution in [-0.4, -0.2) is 16.6 Å². The zero-order valence-electron chi connectivity index (χ0n) is 7.62. The maximum atomic E-state index is 4.19. The fraction of sp³-hybridized carbons (Fsp3) is 0.667. The van der Waals surface area contributed by atoms with E-state index in [1.807, 2.05) is 19.4 Å². The first-order valence-electron chi connectivity index (χ1n) is 4.50. The van der Waals surface area contributed by atoms with Crippen molar-refractivity contribution in [2.24, 2.45) is 11.8 Å². The van der Waals surface area contributed by atoms with Crippen molar-refractivity contribution < 1.29 is 0 Å². The van der Waals surface area contributed by atoms with Gasteiger partial charge in [-0.2, -0.15) is 0 Å². The highest BCUT2D eigenvalue weighted by molar-refractivity contribution is 5.24. The summed E-state index contributed by atoms with van der Waals surface area (Å²) in [6, 6.07) is 0. The number of anilines is 1. The lowest BCUT2D eigenvalue weighted by molar-refractivity contribution is 0.598. The van der Waals surface area contributed by atoms with Gasteiger partial charge in [0, 0.05) is 26.0 Å². The van der Waals surface area contributed by atoms with Gasteiger partial charge in [-0.3, -0.25) is 0 Å². The van der Waals surface area contributed by atoms with Crippen LogP contribution in [0, 0.1) is 11.8 Å². The van der Waals surface area contributed by atoms with E-state index in [0.717, 1.165) is 24.3 Å². The molecule has 2 unspecified atom stereocenters. The maximum absolute atomic E-state index is 4.19. The van der Waals surface area contributed by atoms with Crippen molar-refractivity contribution in [3.63, 3.8) is 0 Å². The molecule has 0 saturated heterocycles. The molecule has 1 aromatic rings. The third kappa shape index (κ3) is 1.31. The molecule has 0 amide bonds. The highest BCUT2D eigenvalue weighted by Crippen LogP contribution is 2.39. The molecule has 3 heteroatoms. The summed E-state index contributed by atoms with van der Waals surface area (Å²) < 4.78 is 2.19. The molecule has 12 heavy (non-hydrogen) atoms. The van der Waals surface area contributed by atoms with E-state index in [-0.39, 0.29) is 0 Å². The van der Waals surface area contributed by atoms with Gasteiger partial charge in [0.1, 0.15) is 0 Å². The van der Waals surface area contributed by atoms with Crippen LogP contribution in [-0.2, 0) is 6.54 Å². The van der Waals surface area contributed by atoms with E-state index in [1.54, 1.807) is 0 Å². The van der Waals surface area contributed by atoms with Gasteiger partial charge >= 0.3 is 0 Å². The molecule has 1 heterocycles. The van der Waals surface area contributed by atoms with Crippen LogP contribution in [0.3, 0.4) is 0 Å². The van der Waals surface area contributed by atoms with E-state index in [9.17, 15) is 0 Å². The summed E-state index contributed by atoms with van der Waals surface area (Å²) in [6.45, 7) is 3.43. The summed E-state index contributed by atoms with van der Waals surface area (Å²) in [5, 5.41) is 3.08. The first kappa shape index (κ1) is 7.65. The molecule has 2 rings (SSSR count). The average Bonchev–Trinajstić information content (AvgIpc) is 2.62. The van der Waals surface area contributed by atoms with Gasteiger partial charge in [-0.05, 0) is 18.3 Å². The molecule has 1 aliphatic rings. The lowest BCUT2D eigenvalue weighted by Crippen LogP contribution is -2.04. The third-order valence-electron chi connectivity index (χ3n) is 2.65. The Kier molecular flexibility index (Phi) is 1.79. The molecule has 3 nitrogen and oxygen atoms in total. The van der Waals surface area contributed by atoms with Gasteiger partial charge in [-0.1, -0.05) is 6.92 Å². The van der Waals surface area contributed by atoms with Gasteiger partial charge in [-0.15, -0.1) is 0 Å². The highest BCUT2D eigenvalue weighted by atomic mass is 15.2. The number of hydrogen-bond donors (Lipinski definition) is 1. The third-order valence-corrected chi connectivity index (χ3v) is 2.65. The van der Waals surface area contributed by atoms with E-state index in [4.69, 9.17) is 0 Å². The Hall–Kier alpha value is -0.990. The van der Waals surface area contributed by atoms with Crippen LogP contribution >= 0.6 is 0 Å². The Morgan fingerprint density at radius 3 is 3.08 bits per heavy atom. The Labute approximate surface area is 72.8 Å². The van der Waals surface area contributed by atoms with Crippen LogP contribution in [0.25, 0.3) is 0 Å². The van der Waals surface area contributed by atoms with Crippen molar-refractivity contribution >= 4 is 5.95 Å². The van der Waals surface area contributed by atoms with E-state index < -0.39 is 0 Å². The second-order valence-corrected chi connectivity index (χ2v) is 3.63. The molecular formula is C9H15N3. The van der Waals surface area contributed by atoms with Gasteiger partial charge < -0.3 is 9.88 Å². The number of imidazole rings is 1. The molecule has 0 aliphatic heterocycles. The molecule has 1 fully saturated rings. The summed E-state index contributed by atoms with van der Waals surface area (Å²) in [5.41, 5.74) is 0. The lowest BCUT2D eigenvalue weighted by atomic mass is 10.3. The van der Waals surface area contributed by atoms with Crippen molar-refractivity contribution in [3.8, 4) is 0 Å². The monoisotopic (exact) mass is 165 g/mol. The Balaban J connectivity index is 2.02. The fourth-order valence-electron chi connectivity index (χ4n) is 1.59. The van der Waals surface area contributed by atoms with Gasteiger partial charge in [0.25, 0.3) is 0 Å². The topological polar surface area (TPSA) is 29.9 Å². The van der Waals surface area contributed by atoms with Gasteiger partial charge in [-0.25, -0.2) is 4.98 Å². The molecule has 1 N–H and O–H groups in total. The van der Waals surface area contributed by atoms with Crippen molar-refractivity contribution in [3.05, 3.63) is 12.4 Å². The van der Waals surface area contributed by atoms with E-state index >= 15 is 0 Å². The van der Waals surface area contributed by atoms with Crippen LogP contribution in [0.1, 0.15) is 13.3 Å². The fourth-order valence-corrected chi connectivity index (χ4v) is 1.59. The van der Waals surface area contributed by atoms with Crippen LogP contribution in [0.2, 0.25) is 0 Å². The summed E-state index contributed by atoms with van der Waals surface area (Å²) >= 11 is 0. The summed E-state index contributed by atoms with van der Waals surface area (Å²) in [7, 11) is 1.91. The second-order valence-electron chi connectivity index (χ2n) is 3.63. The molecule has 2 atom stereocenters. The van der Waals surface area contributed by atoms with Crippen molar-refractivity contribution in [1.82, 2.24) is 9.55 Å². The lowest BCUT2D eigenvalue weighted by Gasteiger charge is -2.05. The minimum absolute atomic E-state index is 0.881. The molecule has 0 spiro atoms. The number of rotatable bonds is 3. The van der Waals surface area contributed by atoms with Crippen molar-refractivity contribution in [2.75, 3.05) is 12.4 Å². The number of nitrogens with zero attached hydrogens (tertiary/aromatic N) is 2. The maximum Gasteiger partial charge on any atom is 0.202 e. The Morgan fingerprint density at radius 1 is 1.75 bits per heavy atom. The Bertz CT molecular complexity index is 266. The minimum Gasteiger partial charge on any atom is -0.359 e. The molecule has 0 aromatic carbocycles. The molecule has 0 radical (unpaired) electrons. The molecule has 1 saturated carbocycles. The van der Waals surface area contributed by atoms with E-state index in [1.165, 1.54) is 6.42 Å². The number of aromatic nitrogens is 2. The zero-order valence-corrected chi connectivity index (χ0v) is 7.62. The SMILES string of the molecule is CNc1nccn1CC1CC1C. The average molecular weight is 165 g/mol. The minimum atomic E-state index is 0.881. The van der Waals surface area contributed by atoms with E-state index in [2.05, 4.69) is 21.8 Å². The molecule has 66 valence electrons. The molecule has 0 bridgehead atoms. The zero-order chi connectivity index (χ0) is 8.55. The highest BCUT2D eigenvalue weighted by Gasteiger charge is 2.32. The number of nitrogens with one attached hydrogen (secondary N) is 1. The standard InChI is InChI=1S/C9H15N3/c1-7-5-8(7)6-12-4-3-11-9(12)10-2/h3-4,7-8H,5-6H2,1-2H3,(H,10,11). The van der Waals surface area contributed by atoms with Crippen molar-refractivity contribution in [2.45, 2.75) is 19.9 Å². The normalized spacial score (nSPS) is 27.2. The van der Waals surface area contributed by atoms with E-state index in [0.29, 0.717) is 0 Å². The first-order valence-corrected chi connectivity index (χ1v) is 4.50. The number of hydrogen-bond acceptors (Lipinski definition) is 2. The van der Waals surface area contributed by atoms with Crippen LogP contribution < -0.4 is 5.32 Å². The molecule has 1 aliphatic carbocycles. The first-order chi connectivity index (χ1) is 5.81. The molecular weight excluding hydrogens is 150 g/mol. The second kappa shape index (κ2) is 2.81. The van der Waals surface area contributed by atoms with Gasteiger partial charge in [0.05, 0.1) is 0 Å². The molecule has 1 aromatic heterocycles. The van der Waals surface area contributed by atoms with Crippen LogP contribution in [0.4, 0.5) is 5.95 Å². The van der Waals surface area contributed by atoms with Gasteiger partial charge in [0.15, 0.2) is 0 Å². The summed E-state index contributed by atoms with van der Waals surface area (Å²) in [6.07, 6.45) is 5.26. The largest absolute Gasteiger partial charge is 0.359 e.